The zero-order valence-corrected chi connectivity index (χ0v) is 15.4. The Morgan fingerprint density at radius 1 is 1.21 bits per heavy atom. The lowest BCUT2D eigenvalue weighted by atomic mass is 10.1. The summed E-state index contributed by atoms with van der Waals surface area (Å²) in [4.78, 5) is 19.8. The number of aryl methyl sites for hydroxylation is 1. The maximum atomic E-state index is 13.0. The fourth-order valence-electron chi connectivity index (χ4n) is 2.71. The number of halogens is 4. The van der Waals surface area contributed by atoms with Crippen LogP contribution in [0.15, 0.2) is 34.9 Å². The van der Waals surface area contributed by atoms with E-state index in [4.69, 9.17) is 21.1 Å². The van der Waals surface area contributed by atoms with Gasteiger partial charge in [-0.15, -0.1) is 0 Å². The molecule has 0 fully saturated rings. The number of fused-ring (bicyclic) bond motifs is 1. The summed E-state index contributed by atoms with van der Waals surface area (Å²) in [5.41, 5.74) is 0.368. The number of nitrogens with zero attached hydrogens (tertiary/aromatic N) is 2. The van der Waals surface area contributed by atoms with Crippen LogP contribution in [0.3, 0.4) is 0 Å². The number of nitrogens with one attached hydrogen (secondary N) is 1. The van der Waals surface area contributed by atoms with Gasteiger partial charge in [-0.1, -0.05) is 11.6 Å². The van der Waals surface area contributed by atoms with Gasteiger partial charge in [-0.05, 0) is 18.2 Å². The van der Waals surface area contributed by atoms with E-state index in [1.165, 1.54) is 19.2 Å². The van der Waals surface area contributed by atoms with Crippen LogP contribution in [0.1, 0.15) is 22.1 Å². The van der Waals surface area contributed by atoms with Crippen molar-refractivity contribution >= 4 is 23.3 Å². The third kappa shape index (κ3) is 3.70. The number of hydrogen-bond donors (Lipinski definition) is 1. The van der Waals surface area contributed by atoms with Crippen LogP contribution >= 0.6 is 11.6 Å². The Bertz CT molecular complexity index is 1100. The maximum Gasteiger partial charge on any atom is 0.452 e. The molecule has 0 saturated heterocycles. The summed E-state index contributed by atoms with van der Waals surface area (Å²) in [5.74, 6) is -1.73. The number of alkyl halides is 3. The monoisotopic (exact) mass is 425 g/mol. The minimum absolute atomic E-state index is 0.0318. The van der Waals surface area contributed by atoms with E-state index in [-0.39, 0.29) is 18.5 Å². The molecule has 2 aromatic heterocycles. The fraction of sp³-hybridized carbons (Fsp3) is 0.167. The third-order valence-corrected chi connectivity index (χ3v) is 4.30. The first kappa shape index (κ1) is 19.1. The Balaban J connectivity index is 1.56. The van der Waals surface area contributed by atoms with Gasteiger partial charge in [0.05, 0.1) is 5.02 Å². The number of anilines is 1. The summed E-state index contributed by atoms with van der Waals surface area (Å²) >= 11 is 6.25. The average molecular weight is 426 g/mol. The molecule has 0 bridgehead atoms. The molecule has 1 aliphatic heterocycles. The first-order valence-electron chi connectivity index (χ1n) is 8.14. The van der Waals surface area contributed by atoms with E-state index in [0.717, 1.165) is 0 Å². The molecular formula is C18H11ClF3N3O4. The Labute approximate surface area is 166 Å². The Morgan fingerprint density at radius 3 is 2.59 bits per heavy atom. The van der Waals surface area contributed by atoms with Crippen LogP contribution in [0.2, 0.25) is 5.02 Å². The summed E-state index contributed by atoms with van der Waals surface area (Å²) < 4.78 is 54.0. The molecule has 0 aliphatic carbocycles. The van der Waals surface area contributed by atoms with E-state index < -0.39 is 23.5 Å². The molecule has 0 spiro atoms. The number of oxazole rings is 1. The number of carbonyl (C=O) groups excluding carboxylic acids is 1. The number of hydrogen-bond acceptors (Lipinski definition) is 6. The van der Waals surface area contributed by atoms with Crippen molar-refractivity contribution in [3.8, 4) is 22.6 Å². The van der Waals surface area contributed by atoms with Crippen LogP contribution in [0.4, 0.5) is 19.0 Å². The molecule has 0 atom stereocenters. The van der Waals surface area contributed by atoms with Crippen LogP contribution < -0.4 is 14.8 Å². The third-order valence-electron chi connectivity index (χ3n) is 3.98. The fourth-order valence-corrected chi connectivity index (χ4v) is 2.98. The quantitative estimate of drug-likeness (QED) is 0.654. The van der Waals surface area contributed by atoms with Crippen LogP contribution in [0.5, 0.6) is 11.5 Å². The first-order valence-corrected chi connectivity index (χ1v) is 8.51. The zero-order valence-electron chi connectivity index (χ0n) is 14.6. The van der Waals surface area contributed by atoms with Crippen LogP contribution in [-0.2, 0) is 6.18 Å². The SMILES string of the molecule is Cc1nc(C(=O)Nc2ccc(-c3cc4c(cc3Cl)OCO4)cn2)c(C(F)(F)F)o1. The summed E-state index contributed by atoms with van der Waals surface area (Å²) in [7, 11) is 0. The van der Waals surface area contributed by atoms with Crippen molar-refractivity contribution in [2.45, 2.75) is 13.1 Å². The van der Waals surface area contributed by atoms with Gasteiger partial charge < -0.3 is 19.2 Å². The van der Waals surface area contributed by atoms with Crippen molar-refractivity contribution in [3.05, 3.63) is 52.8 Å². The van der Waals surface area contributed by atoms with Crippen molar-refractivity contribution in [1.29, 1.82) is 0 Å². The molecule has 1 aliphatic rings. The molecule has 1 aromatic carbocycles. The predicted octanol–water partition coefficient (Wildman–Crippen LogP) is 4.70. The van der Waals surface area contributed by atoms with Gasteiger partial charge in [0.25, 0.3) is 5.91 Å². The van der Waals surface area contributed by atoms with Gasteiger partial charge in [-0.3, -0.25) is 4.79 Å². The molecule has 1 N–H and O–H groups in total. The smallest absolute Gasteiger partial charge is 0.452 e. The predicted molar refractivity (Wildman–Crippen MR) is 95.0 cm³/mol. The van der Waals surface area contributed by atoms with E-state index in [9.17, 15) is 18.0 Å². The lowest BCUT2D eigenvalue weighted by Gasteiger charge is -2.08. The number of benzene rings is 1. The number of ether oxygens (including phenoxy) is 2. The highest BCUT2D eigenvalue weighted by Gasteiger charge is 2.41. The van der Waals surface area contributed by atoms with Crippen LogP contribution in [0.25, 0.3) is 11.1 Å². The molecule has 150 valence electrons. The number of amides is 1. The summed E-state index contributed by atoms with van der Waals surface area (Å²) in [5, 5.41) is 2.67. The summed E-state index contributed by atoms with van der Waals surface area (Å²) in [6.45, 7) is 1.31. The number of aromatic nitrogens is 2. The van der Waals surface area contributed by atoms with Crippen LogP contribution in [-0.4, -0.2) is 22.7 Å². The molecule has 1 amide bonds. The molecule has 0 unspecified atom stereocenters. The molecule has 0 saturated carbocycles. The highest BCUT2D eigenvalue weighted by Crippen LogP contribution is 2.41. The largest absolute Gasteiger partial charge is 0.454 e. The standard InChI is InChI=1S/C18H11ClF3N3O4/c1-8-24-15(16(29-8)18(20,21)22)17(26)25-14-3-2-9(6-23-14)10-4-12-13(5-11(10)19)28-7-27-12/h2-6H,7H2,1H3,(H,23,25,26). The number of carbonyl (C=O) groups is 1. The van der Waals surface area contributed by atoms with E-state index in [1.807, 2.05) is 0 Å². The van der Waals surface area contributed by atoms with Crippen molar-refractivity contribution in [3.63, 3.8) is 0 Å². The Hall–Kier alpha value is -3.27. The molecule has 3 heterocycles. The van der Waals surface area contributed by atoms with Gasteiger partial charge in [0.1, 0.15) is 5.82 Å². The molecule has 29 heavy (non-hydrogen) atoms. The van der Waals surface area contributed by atoms with E-state index in [0.29, 0.717) is 27.6 Å². The minimum atomic E-state index is -4.85. The first-order chi connectivity index (χ1) is 13.7. The van der Waals surface area contributed by atoms with Crippen LogP contribution in [0, 0.1) is 6.92 Å². The van der Waals surface area contributed by atoms with Crippen molar-refractivity contribution in [2.24, 2.45) is 0 Å². The second kappa shape index (κ2) is 6.96. The van der Waals surface area contributed by atoms with Gasteiger partial charge in [0.2, 0.25) is 12.6 Å². The Kier molecular flexibility index (Phi) is 4.58. The second-order valence-corrected chi connectivity index (χ2v) is 6.39. The zero-order chi connectivity index (χ0) is 20.8. The topological polar surface area (TPSA) is 86.5 Å². The lowest BCUT2D eigenvalue weighted by Crippen LogP contribution is -2.18. The van der Waals surface area contributed by atoms with Crippen molar-refractivity contribution in [2.75, 3.05) is 12.1 Å². The second-order valence-electron chi connectivity index (χ2n) is 5.98. The number of pyridine rings is 1. The molecule has 11 heteroatoms. The van der Waals surface area contributed by atoms with Gasteiger partial charge in [-0.2, -0.15) is 13.2 Å². The normalized spacial score (nSPS) is 12.9. The number of rotatable bonds is 3. The lowest BCUT2D eigenvalue weighted by molar-refractivity contribution is -0.153. The molecular weight excluding hydrogens is 415 g/mol. The Morgan fingerprint density at radius 2 is 1.93 bits per heavy atom. The van der Waals surface area contributed by atoms with E-state index in [2.05, 4.69) is 19.7 Å². The molecule has 7 nitrogen and oxygen atoms in total. The van der Waals surface area contributed by atoms with E-state index >= 15 is 0 Å². The van der Waals surface area contributed by atoms with Gasteiger partial charge >= 0.3 is 6.18 Å². The van der Waals surface area contributed by atoms with Gasteiger partial charge in [-0.25, -0.2) is 9.97 Å². The highest BCUT2D eigenvalue weighted by atomic mass is 35.5. The summed E-state index contributed by atoms with van der Waals surface area (Å²) in [6, 6.07) is 6.33. The van der Waals surface area contributed by atoms with Crippen molar-refractivity contribution in [1.82, 2.24) is 9.97 Å². The van der Waals surface area contributed by atoms with Crippen molar-refractivity contribution < 1.29 is 31.9 Å². The molecule has 3 aromatic rings. The maximum absolute atomic E-state index is 13.0. The minimum Gasteiger partial charge on any atom is -0.454 e. The molecule has 0 radical (unpaired) electrons. The van der Waals surface area contributed by atoms with Gasteiger partial charge in [0.15, 0.2) is 23.1 Å². The van der Waals surface area contributed by atoms with E-state index in [1.54, 1.807) is 18.2 Å². The highest BCUT2D eigenvalue weighted by molar-refractivity contribution is 6.33. The summed E-state index contributed by atoms with van der Waals surface area (Å²) in [6.07, 6.45) is -3.43. The molecule has 4 rings (SSSR count). The van der Waals surface area contributed by atoms with Gasteiger partial charge in [0, 0.05) is 30.3 Å². The average Bonchev–Trinajstić information content (AvgIpc) is 3.27.